The van der Waals surface area contributed by atoms with Crippen LogP contribution in [-0.4, -0.2) is 41.2 Å². The van der Waals surface area contributed by atoms with Crippen LogP contribution in [-0.2, 0) is 13.0 Å². The van der Waals surface area contributed by atoms with Gasteiger partial charge in [0.2, 0.25) is 0 Å². The summed E-state index contributed by atoms with van der Waals surface area (Å²) < 4.78 is 15.4. The topological polar surface area (TPSA) is 64.2 Å². The fourth-order valence-electron chi connectivity index (χ4n) is 2.71. The van der Waals surface area contributed by atoms with Crippen molar-refractivity contribution in [3.05, 3.63) is 64.2 Å². The monoisotopic (exact) mass is 344 g/mol. The second-order valence-corrected chi connectivity index (χ2v) is 6.27. The second-order valence-electron chi connectivity index (χ2n) is 6.27. The number of nitrogens with zero attached hydrogens (tertiary/aromatic N) is 3. The van der Waals surface area contributed by atoms with Gasteiger partial charge in [0.25, 0.3) is 5.91 Å². The maximum absolute atomic E-state index is 13.7. The highest BCUT2D eigenvalue weighted by molar-refractivity contribution is 5.93. The summed E-state index contributed by atoms with van der Waals surface area (Å²) >= 11 is 0. The Kier molecular flexibility index (Phi) is 6.09. The van der Waals surface area contributed by atoms with Crippen LogP contribution in [0.3, 0.4) is 0 Å². The van der Waals surface area contributed by atoms with Crippen LogP contribution >= 0.6 is 0 Å². The number of benzene rings is 1. The van der Waals surface area contributed by atoms with Gasteiger partial charge in [-0.15, -0.1) is 0 Å². The molecule has 2 rings (SSSR count). The highest BCUT2D eigenvalue weighted by Gasteiger charge is 2.14. The minimum absolute atomic E-state index is 0.0195. The Bertz CT molecular complexity index is 775. The number of aromatic nitrogens is 2. The van der Waals surface area contributed by atoms with Gasteiger partial charge in [-0.1, -0.05) is 12.1 Å². The molecule has 0 radical (unpaired) electrons. The van der Waals surface area contributed by atoms with E-state index < -0.39 is 0 Å². The van der Waals surface area contributed by atoms with E-state index in [0.717, 1.165) is 22.5 Å². The fourth-order valence-corrected chi connectivity index (χ4v) is 2.71. The molecule has 0 saturated heterocycles. The van der Waals surface area contributed by atoms with E-state index in [1.807, 2.05) is 38.1 Å². The van der Waals surface area contributed by atoms with Gasteiger partial charge in [-0.25, -0.2) is 4.39 Å². The lowest BCUT2D eigenvalue weighted by Gasteiger charge is -2.10. The number of hydrogen-bond acceptors (Lipinski definition) is 3. The van der Waals surface area contributed by atoms with Crippen molar-refractivity contribution < 1.29 is 9.18 Å². The predicted molar refractivity (Wildman–Crippen MR) is 97.2 cm³/mol. The van der Waals surface area contributed by atoms with Crippen LogP contribution in [0.25, 0.3) is 0 Å². The average molecular weight is 344 g/mol. The van der Waals surface area contributed by atoms with Gasteiger partial charge in [-0.2, -0.15) is 5.10 Å². The van der Waals surface area contributed by atoms with Gasteiger partial charge in [0.1, 0.15) is 5.83 Å². The molecule has 0 aliphatic carbocycles. The summed E-state index contributed by atoms with van der Waals surface area (Å²) in [5.74, 6) is -0.305. The summed E-state index contributed by atoms with van der Waals surface area (Å²) in [5.41, 5.74) is 9.97. The van der Waals surface area contributed by atoms with Crippen LogP contribution in [0.15, 0.2) is 36.2 Å². The zero-order valence-corrected chi connectivity index (χ0v) is 15.2. The molecule has 1 amide bonds. The Hall–Kier alpha value is -2.47. The zero-order chi connectivity index (χ0) is 18.6. The van der Waals surface area contributed by atoms with Gasteiger partial charge < -0.3 is 10.6 Å². The molecule has 2 aromatic rings. The van der Waals surface area contributed by atoms with E-state index in [-0.39, 0.29) is 24.8 Å². The molecule has 0 aliphatic heterocycles. The first-order valence-corrected chi connectivity index (χ1v) is 8.21. The zero-order valence-electron chi connectivity index (χ0n) is 15.2. The lowest BCUT2D eigenvalue weighted by molar-refractivity contribution is 0.0827. The number of rotatable bonds is 6. The molecule has 0 saturated carbocycles. The number of carbonyl (C=O) groups excluding carboxylic acids is 1. The first kappa shape index (κ1) is 18.9. The molecule has 0 unspecified atom stereocenters. The average Bonchev–Trinajstić information content (AvgIpc) is 2.82. The molecular formula is C19H25FN4O. The molecule has 134 valence electrons. The number of allylic oxidation sites excluding steroid dienone is 1. The van der Waals surface area contributed by atoms with Crippen LogP contribution in [0, 0.1) is 13.8 Å². The van der Waals surface area contributed by atoms with Gasteiger partial charge in [-0.3, -0.25) is 9.48 Å². The second kappa shape index (κ2) is 8.07. The Balaban J connectivity index is 2.19. The summed E-state index contributed by atoms with van der Waals surface area (Å²) in [6, 6.07) is 7.55. The van der Waals surface area contributed by atoms with E-state index in [4.69, 9.17) is 5.73 Å². The molecule has 1 aromatic heterocycles. The Morgan fingerprint density at radius 1 is 1.28 bits per heavy atom. The summed E-state index contributed by atoms with van der Waals surface area (Å²) in [7, 11) is 3.46. The number of hydrogen-bond donors (Lipinski definition) is 1. The normalized spacial score (nSPS) is 11.7. The molecule has 0 aliphatic rings. The molecule has 5 nitrogen and oxygen atoms in total. The quantitative estimate of drug-likeness (QED) is 0.876. The third kappa shape index (κ3) is 4.54. The van der Waals surface area contributed by atoms with Gasteiger partial charge in [-0.05, 0) is 37.6 Å². The molecule has 25 heavy (non-hydrogen) atoms. The summed E-state index contributed by atoms with van der Waals surface area (Å²) in [4.78, 5) is 13.5. The van der Waals surface area contributed by atoms with E-state index in [0.29, 0.717) is 12.0 Å². The lowest BCUT2D eigenvalue weighted by Crippen LogP contribution is -2.21. The minimum atomic E-state index is -0.286. The molecule has 0 spiro atoms. The first-order chi connectivity index (χ1) is 11.8. The molecule has 0 bridgehead atoms. The van der Waals surface area contributed by atoms with E-state index >= 15 is 0 Å². The van der Waals surface area contributed by atoms with Crippen molar-refractivity contribution in [3.63, 3.8) is 0 Å². The van der Waals surface area contributed by atoms with Crippen molar-refractivity contribution in [1.29, 1.82) is 0 Å². The first-order valence-electron chi connectivity index (χ1n) is 8.21. The number of nitrogens with two attached hydrogens (primary N) is 1. The van der Waals surface area contributed by atoms with Crippen molar-refractivity contribution >= 4 is 5.91 Å². The van der Waals surface area contributed by atoms with Crippen molar-refractivity contribution in [2.45, 2.75) is 26.8 Å². The van der Waals surface area contributed by atoms with Crippen LogP contribution in [0.4, 0.5) is 4.39 Å². The third-order valence-corrected chi connectivity index (χ3v) is 4.16. The molecule has 0 fully saturated rings. The van der Waals surface area contributed by atoms with Crippen LogP contribution < -0.4 is 5.73 Å². The highest BCUT2D eigenvalue weighted by atomic mass is 19.1. The summed E-state index contributed by atoms with van der Waals surface area (Å²) in [5, 5.41) is 4.43. The van der Waals surface area contributed by atoms with E-state index in [1.54, 1.807) is 23.7 Å². The highest BCUT2D eigenvalue weighted by Crippen LogP contribution is 2.19. The Morgan fingerprint density at radius 2 is 1.92 bits per heavy atom. The van der Waals surface area contributed by atoms with Crippen LogP contribution in [0.1, 0.15) is 32.9 Å². The molecule has 2 N–H and O–H groups in total. The largest absolute Gasteiger partial charge is 0.345 e. The lowest BCUT2D eigenvalue weighted by atomic mass is 10.0. The molecule has 6 heteroatoms. The van der Waals surface area contributed by atoms with Crippen LogP contribution in [0.2, 0.25) is 0 Å². The van der Waals surface area contributed by atoms with Gasteiger partial charge in [0.05, 0.1) is 12.2 Å². The standard InChI is InChI=1S/C19H25FN4O/c1-13-18(14(2)24(22-13)12-17(20)9-10-21)11-15-5-7-16(8-6-15)19(25)23(3)4/h5-9H,10-12,21H2,1-4H3/b17-9-. The van der Waals surface area contributed by atoms with E-state index in [2.05, 4.69) is 5.10 Å². The van der Waals surface area contributed by atoms with Gasteiger partial charge in [0, 0.05) is 43.9 Å². The van der Waals surface area contributed by atoms with Crippen molar-refractivity contribution in [2.24, 2.45) is 5.73 Å². The number of aryl methyl sites for hydroxylation is 1. The maximum atomic E-state index is 13.7. The number of amides is 1. The van der Waals surface area contributed by atoms with Gasteiger partial charge in [0.15, 0.2) is 0 Å². The molecule has 1 heterocycles. The van der Waals surface area contributed by atoms with E-state index in [1.165, 1.54) is 6.08 Å². The Morgan fingerprint density at radius 3 is 2.48 bits per heavy atom. The minimum Gasteiger partial charge on any atom is -0.345 e. The molecule has 1 aromatic carbocycles. The number of carbonyl (C=O) groups is 1. The summed E-state index contributed by atoms with van der Waals surface area (Å²) in [6.45, 7) is 4.14. The third-order valence-electron chi connectivity index (χ3n) is 4.16. The smallest absolute Gasteiger partial charge is 0.253 e. The Labute approximate surface area is 147 Å². The van der Waals surface area contributed by atoms with Crippen molar-refractivity contribution in [1.82, 2.24) is 14.7 Å². The molecular weight excluding hydrogens is 319 g/mol. The molecule has 0 atom stereocenters. The fraction of sp³-hybridized carbons (Fsp3) is 0.368. The van der Waals surface area contributed by atoms with Crippen LogP contribution in [0.5, 0.6) is 0 Å². The SMILES string of the molecule is Cc1nn(C/C(F)=C/CN)c(C)c1Cc1ccc(C(=O)N(C)C)cc1. The van der Waals surface area contributed by atoms with E-state index in [9.17, 15) is 9.18 Å². The maximum Gasteiger partial charge on any atom is 0.253 e. The number of halogens is 1. The summed E-state index contributed by atoms with van der Waals surface area (Å²) in [6.07, 6.45) is 2.05. The van der Waals surface area contributed by atoms with Crippen molar-refractivity contribution in [3.8, 4) is 0 Å². The van der Waals surface area contributed by atoms with Crippen molar-refractivity contribution in [2.75, 3.05) is 20.6 Å². The predicted octanol–water partition coefficient (Wildman–Crippen LogP) is 2.60. The van der Waals surface area contributed by atoms with Gasteiger partial charge >= 0.3 is 0 Å².